The lowest BCUT2D eigenvalue weighted by molar-refractivity contribution is 0.342. The van der Waals surface area contributed by atoms with Gasteiger partial charge in [-0.3, -0.25) is 14.3 Å². The SMILES string of the molecule is CC.CCc1cc(Nc2cc(=O)n(C/C=C/CO)c(=O)[nH]2)ccc1C. The van der Waals surface area contributed by atoms with Crippen molar-refractivity contribution in [2.45, 2.75) is 40.7 Å². The minimum Gasteiger partial charge on any atom is -0.392 e. The van der Waals surface area contributed by atoms with E-state index in [4.69, 9.17) is 5.11 Å². The molecule has 0 saturated carbocycles. The molecule has 0 aliphatic heterocycles. The van der Waals surface area contributed by atoms with Crippen LogP contribution in [0.3, 0.4) is 0 Å². The predicted molar refractivity (Wildman–Crippen MR) is 103 cm³/mol. The molecule has 0 radical (unpaired) electrons. The fourth-order valence-electron chi connectivity index (χ4n) is 2.30. The Morgan fingerprint density at radius 3 is 2.52 bits per heavy atom. The third-order valence-corrected chi connectivity index (χ3v) is 3.59. The number of anilines is 2. The van der Waals surface area contributed by atoms with Crippen molar-refractivity contribution in [3.8, 4) is 0 Å². The zero-order valence-corrected chi connectivity index (χ0v) is 15.3. The highest BCUT2D eigenvalue weighted by atomic mass is 16.2. The van der Waals surface area contributed by atoms with Crippen molar-refractivity contribution in [2.24, 2.45) is 0 Å². The molecule has 0 saturated heterocycles. The van der Waals surface area contributed by atoms with Gasteiger partial charge in [-0.2, -0.15) is 0 Å². The average molecular weight is 345 g/mol. The summed E-state index contributed by atoms with van der Waals surface area (Å²) in [5.41, 5.74) is 2.34. The Hall–Kier alpha value is -2.60. The Balaban J connectivity index is 0.00000151. The molecule has 25 heavy (non-hydrogen) atoms. The maximum atomic E-state index is 12.0. The van der Waals surface area contributed by atoms with E-state index in [1.165, 1.54) is 23.3 Å². The summed E-state index contributed by atoms with van der Waals surface area (Å²) in [6.45, 7) is 8.12. The van der Waals surface area contributed by atoms with Crippen LogP contribution in [0.4, 0.5) is 11.5 Å². The number of aromatic amines is 1. The lowest BCUT2D eigenvalue weighted by atomic mass is 10.1. The Bertz CT molecular complexity index is 788. The molecule has 2 aromatic rings. The molecule has 0 fully saturated rings. The number of aromatic nitrogens is 2. The topological polar surface area (TPSA) is 87.1 Å². The lowest BCUT2D eigenvalue weighted by Crippen LogP contribution is -2.34. The van der Waals surface area contributed by atoms with E-state index in [0.29, 0.717) is 5.82 Å². The Morgan fingerprint density at radius 1 is 1.20 bits per heavy atom. The normalized spacial score (nSPS) is 10.4. The van der Waals surface area contributed by atoms with E-state index >= 15 is 0 Å². The first-order chi connectivity index (χ1) is 12.0. The van der Waals surface area contributed by atoms with Gasteiger partial charge < -0.3 is 10.4 Å². The summed E-state index contributed by atoms with van der Waals surface area (Å²) < 4.78 is 1.06. The number of rotatable bonds is 6. The van der Waals surface area contributed by atoms with Crippen molar-refractivity contribution in [1.29, 1.82) is 0 Å². The fraction of sp³-hybridized carbons (Fsp3) is 0.368. The molecule has 6 nitrogen and oxygen atoms in total. The quantitative estimate of drug-likeness (QED) is 0.703. The molecule has 6 heteroatoms. The van der Waals surface area contributed by atoms with Crippen LogP contribution in [0, 0.1) is 6.92 Å². The molecule has 0 aliphatic rings. The zero-order chi connectivity index (χ0) is 18.8. The van der Waals surface area contributed by atoms with Crippen LogP contribution < -0.4 is 16.6 Å². The van der Waals surface area contributed by atoms with E-state index in [0.717, 1.165) is 16.7 Å². The smallest absolute Gasteiger partial charge is 0.330 e. The molecule has 3 N–H and O–H groups in total. The molecule has 0 bridgehead atoms. The maximum Gasteiger partial charge on any atom is 0.330 e. The molecule has 2 rings (SSSR count). The van der Waals surface area contributed by atoms with Crippen molar-refractivity contribution in [3.05, 3.63) is 68.4 Å². The third kappa shape index (κ3) is 5.76. The van der Waals surface area contributed by atoms with Gasteiger partial charge in [0.15, 0.2) is 0 Å². The standard InChI is InChI=1S/C17H21N3O3.C2H6/c1-3-13-10-14(7-6-12(13)2)18-15-11-16(22)20(17(23)19-15)8-4-5-9-21;1-2/h4-7,10-11,18,21H,3,8-9H2,1-2H3,(H,19,23);1-2H3/b5-4+;. The number of H-pyrrole nitrogens is 1. The highest BCUT2D eigenvalue weighted by Gasteiger charge is 2.04. The zero-order valence-electron chi connectivity index (χ0n) is 15.3. The predicted octanol–water partition coefficient (Wildman–Crippen LogP) is 2.73. The van der Waals surface area contributed by atoms with Crippen molar-refractivity contribution < 1.29 is 5.11 Å². The largest absolute Gasteiger partial charge is 0.392 e. The van der Waals surface area contributed by atoms with Crippen LogP contribution in [0.1, 0.15) is 31.9 Å². The number of benzene rings is 1. The van der Waals surface area contributed by atoms with Gasteiger partial charge in [0.2, 0.25) is 0 Å². The monoisotopic (exact) mass is 345 g/mol. The molecule has 0 amide bonds. The second-order valence-corrected chi connectivity index (χ2v) is 5.21. The summed E-state index contributed by atoms with van der Waals surface area (Å²) in [7, 11) is 0. The molecule has 0 unspecified atom stereocenters. The summed E-state index contributed by atoms with van der Waals surface area (Å²) in [6.07, 6.45) is 3.96. The number of hydrogen-bond acceptors (Lipinski definition) is 4. The number of allylic oxidation sites excluding steroid dienone is 1. The van der Waals surface area contributed by atoms with Gasteiger partial charge in [-0.05, 0) is 36.6 Å². The van der Waals surface area contributed by atoms with E-state index in [9.17, 15) is 9.59 Å². The van der Waals surface area contributed by atoms with Crippen LogP contribution in [0.2, 0.25) is 0 Å². The minimum atomic E-state index is -0.495. The molecule has 0 spiro atoms. The number of aliphatic hydroxyl groups excluding tert-OH is 1. The van der Waals surface area contributed by atoms with Crippen molar-refractivity contribution in [2.75, 3.05) is 11.9 Å². The van der Waals surface area contributed by atoms with E-state index in [1.54, 1.807) is 6.08 Å². The molecule has 1 aromatic heterocycles. The summed E-state index contributed by atoms with van der Waals surface area (Å²) in [4.78, 5) is 26.7. The first kappa shape index (κ1) is 20.4. The Labute approximate surface area is 147 Å². The van der Waals surface area contributed by atoms with Gasteiger partial charge in [0.25, 0.3) is 5.56 Å². The Kier molecular flexibility index (Phi) is 8.43. The minimum absolute atomic E-state index is 0.125. The van der Waals surface area contributed by atoms with Gasteiger partial charge in [-0.15, -0.1) is 0 Å². The maximum absolute atomic E-state index is 12.0. The summed E-state index contributed by atoms with van der Waals surface area (Å²) in [5.74, 6) is 0.355. The summed E-state index contributed by atoms with van der Waals surface area (Å²) >= 11 is 0. The highest BCUT2D eigenvalue weighted by Crippen LogP contribution is 2.18. The number of aryl methyl sites for hydroxylation is 2. The molecule has 1 heterocycles. The van der Waals surface area contributed by atoms with E-state index < -0.39 is 11.2 Å². The Morgan fingerprint density at radius 2 is 1.92 bits per heavy atom. The number of nitrogens with one attached hydrogen (secondary N) is 2. The first-order valence-electron chi connectivity index (χ1n) is 8.51. The molecular formula is C19H27N3O3. The van der Waals surface area contributed by atoms with Crippen LogP contribution >= 0.6 is 0 Å². The number of aliphatic hydroxyl groups is 1. The van der Waals surface area contributed by atoms with Crippen LogP contribution in [-0.2, 0) is 13.0 Å². The molecule has 1 aromatic carbocycles. The number of nitrogens with zero attached hydrogens (tertiary/aromatic N) is 1. The van der Waals surface area contributed by atoms with E-state index in [-0.39, 0.29) is 13.2 Å². The molecule has 136 valence electrons. The van der Waals surface area contributed by atoms with Gasteiger partial charge in [0.1, 0.15) is 5.82 Å². The van der Waals surface area contributed by atoms with Gasteiger partial charge in [0, 0.05) is 18.3 Å². The van der Waals surface area contributed by atoms with Crippen LogP contribution in [0.5, 0.6) is 0 Å². The molecular weight excluding hydrogens is 318 g/mol. The second-order valence-electron chi connectivity index (χ2n) is 5.21. The summed E-state index contributed by atoms with van der Waals surface area (Å²) in [6, 6.07) is 7.26. The second kappa shape index (κ2) is 10.3. The van der Waals surface area contributed by atoms with Crippen molar-refractivity contribution >= 4 is 11.5 Å². The summed E-state index contributed by atoms with van der Waals surface area (Å²) in [5, 5.41) is 11.7. The van der Waals surface area contributed by atoms with Gasteiger partial charge in [0.05, 0.1) is 6.61 Å². The van der Waals surface area contributed by atoms with Gasteiger partial charge in [-0.1, -0.05) is 39.0 Å². The van der Waals surface area contributed by atoms with Crippen LogP contribution in [0.25, 0.3) is 0 Å². The number of hydrogen-bond donors (Lipinski definition) is 3. The van der Waals surface area contributed by atoms with E-state index in [1.807, 2.05) is 39.0 Å². The molecule has 0 atom stereocenters. The van der Waals surface area contributed by atoms with Crippen molar-refractivity contribution in [1.82, 2.24) is 9.55 Å². The third-order valence-electron chi connectivity index (χ3n) is 3.59. The first-order valence-corrected chi connectivity index (χ1v) is 8.51. The lowest BCUT2D eigenvalue weighted by Gasteiger charge is -2.10. The van der Waals surface area contributed by atoms with Crippen LogP contribution in [0.15, 0.2) is 46.0 Å². The molecule has 0 aliphatic carbocycles. The van der Waals surface area contributed by atoms with Crippen molar-refractivity contribution in [3.63, 3.8) is 0 Å². The van der Waals surface area contributed by atoms with Gasteiger partial charge in [-0.25, -0.2) is 4.79 Å². The van der Waals surface area contributed by atoms with Crippen LogP contribution in [-0.4, -0.2) is 21.3 Å². The average Bonchev–Trinajstić information content (AvgIpc) is 2.61. The highest BCUT2D eigenvalue weighted by molar-refractivity contribution is 5.57. The van der Waals surface area contributed by atoms with Gasteiger partial charge >= 0.3 is 5.69 Å². The fourth-order valence-corrected chi connectivity index (χ4v) is 2.30. The van der Waals surface area contributed by atoms with E-state index in [2.05, 4.69) is 17.2 Å².